The number of nitrogen functional groups attached to an aromatic ring is 1. The molecule has 2 aromatic rings. The first-order valence-electron chi connectivity index (χ1n) is 7.34. The number of pyridine rings is 1. The van der Waals surface area contributed by atoms with Crippen LogP contribution in [0.5, 0.6) is 5.75 Å². The first-order valence-corrected chi connectivity index (χ1v) is 7.34. The Labute approximate surface area is 127 Å². The zero-order chi connectivity index (χ0) is 15.6. The monoisotopic (exact) mass is 284 g/mol. The van der Waals surface area contributed by atoms with E-state index >= 15 is 0 Å². The van der Waals surface area contributed by atoms with E-state index in [4.69, 9.17) is 10.5 Å². The van der Waals surface area contributed by atoms with Crippen LogP contribution in [0.25, 0.3) is 0 Å². The van der Waals surface area contributed by atoms with Crippen molar-refractivity contribution in [1.82, 2.24) is 4.98 Å². The first-order chi connectivity index (χ1) is 9.90. The van der Waals surface area contributed by atoms with Crippen LogP contribution in [0.1, 0.15) is 47.7 Å². The molecule has 0 aliphatic carbocycles. The number of aromatic nitrogens is 1. The summed E-state index contributed by atoms with van der Waals surface area (Å²) in [5.41, 5.74) is 12.4. The molecule has 3 nitrogen and oxygen atoms in total. The van der Waals surface area contributed by atoms with Crippen molar-refractivity contribution in [3.63, 3.8) is 0 Å². The normalized spacial score (nSPS) is 11.0. The van der Waals surface area contributed by atoms with E-state index in [-0.39, 0.29) is 0 Å². The standard InChI is InChI=1S/C18H24N2O/c1-11(2)16-7-6-15(8-12(16)3)21-10-17-14(5)18(19)13(4)9-20-17/h6-9,11H,10H2,1-5H3,(H2,19,20). The third-order valence-corrected chi connectivity index (χ3v) is 3.91. The van der Waals surface area contributed by atoms with Crippen molar-refractivity contribution in [3.8, 4) is 5.75 Å². The summed E-state index contributed by atoms with van der Waals surface area (Å²) in [5, 5.41) is 0. The van der Waals surface area contributed by atoms with Crippen molar-refractivity contribution >= 4 is 5.69 Å². The number of nitrogens with zero attached hydrogens (tertiary/aromatic N) is 1. The maximum Gasteiger partial charge on any atom is 0.131 e. The Bertz CT molecular complexity index is 648. The fourth-order valence-electron chi connectivity index (χ4n) is 2.48. The summed E-state index contributed by atoms with van der Waals surface area (Å²) < 4.78 is 5.87. The molecule has 2 N–H and O–H groups in total. The Morgan fingerprint density at radius 1 is 1.14 bits per heavy atom. The van der Waals surface area contributed by atoms with Gasteiger partial charge in [0.1, 0.15) is 12.4 Å². The Morgan fingerprint density at radius 3 is 2.48 bits per heavy atom. The number of hydrogen-bond acceptors (Lipinski definition) is 3. The van der Waals surface area contributed by atoms with Gasteiger partial charge in [0.05, 0.1) is 5.69 Å². The Balaban J connectivity index is 2.14. The molecule has 0 atom stereocenters. The highest BCUT2D eigenvalue weighted by Gasteiger charge is 2.08. The third-order valence-electron chi connectivity index (χ3n) is 3.91. The van der Waals surface area contributed by atoms with Gasteiger partial charge < -0.3 is 10.5 Å². The lowest BCUT2D eigenvalue weighted by molar-refractivity contribution is 0.300. The Kier molecular flexibility index (Phi) is 4.51. The van der Waals surface area contributed by atoms with Crippen LogP contribution in [0.3, 0.4) is 0 Å². The molecule has 0 saturated carbocycles. The average molecular weight is 284 g/mol. The van der Waals surface area contributed by atoms with Crippen LogP contribution in [0.2, 0.25) is 0 Å². The van der Waals surface area contributed by atoms with Crippen molar-refractivity contribution in [3.05, 3.63) is 52.3 Å². The summed E-state index contributed by atoms with van der Waals surface area (Å²) in [6, 6.07) is 6.25. The minimum atomic E-state index is 0.441. The largest absolute Gasteiger partial charge is 0.487 e. The van der Waals surface area contributed by atoms with Crippen LogP contribution in [0.4, 0.5) is 5.69 Å². The van der Waals surface area contributed by atoms with Crippen LogP contribution in [-0.4, -0.2) is 4.98 Å². The van der Waals surface area contributed by atoms with E-state index in [9.17, 15) is 0 Å². The predicted octanol–water partition coefficient (Wildman–Crippen LogP) is 4.29. The number of hydrogen-bond donors (Lipinski definition) is 1. The third kappa shape index (κ3) is 3.35. The zero-order valence-corrected chi connectivity index (χ0v) is 13.5. The molecule has 0 fully saturated rings. The van der Waals surface area contributed by atoms with Gasteiger partial charge in [0.15, 0.2) is 0 Å². The molecular formula is C18H24N2O. The summed E-state index contributed by atoms with van der Waals surface area (Å²) in [6.45, 7) is 10.9. The van der Waals surface area contributed by atoms with Crippen molar-refractivity contribution in [2.24, 2.45) is 0 Å². The van der Waals surface area contributed by atoms with Crippen LogP contribution in [0, 0.1) is 20.8 Å². The molecule has 1 heterocycles. The lowest BCUT2D eigenvalue weighted by Crippen LogP contribution is -2.05. The van der Waals surface area contributed by atoms with Gasteiger partial charge in [0.2, 0.25) is 0 Å². The van der Waals surface area contributed by atoms with Gasteiger partial charge in [0.25, 0.3) is 0 Å². The summed E-state index contributed by atoms with van der Waals surface area (Å²) in [4.78, 5) is 4.42. The van der Waals surface area contributed by atoms with Gasteiger partial charge in [-0.05, 0) is 61.1 Å². The van der Waals surface area contributed by atoms with Crippen molar-refractivity contribution in [2.45, 2.75) is 47.1 Å². The van der Waals surface area contributed by atoms with Gasteiger partial charge in [-0.15, -0.1) is 0 Å². The van der Waals surface area contributed by atoms with Crippen LogP contribution in [-0.2, 0) is 6.61 Å². The molecule has 1 aromatic heterocycles. The highest BCUT2D eigenvalue weighted by atomic mass is 16.5. The Morgan fingerprint density at radius 2 is 1.86 bits per heavy atom. The molecule has 1 aromatic carbocycles. The second-order valence-corrected chi connectivity index (χ2v) is 5.89. The summed E-state index contributed by atoms with van der Waals surface area (Å²) in [6.07, 6.45) is 1.80. The van der Waals surface area contributed by atoms with E-state index in [0.717, 1.165) is 28.3 Å². The minimum absolute atomic E-state index is 0.441. The average Bonchev–Trinajstić information content (AvgIpc) is 2.44. The minimum Gasteiger partial charge on any atom is -0.487 e. The van der Waals surface area contributed by atoms with Gasteiger partial charge >= 0.3 is 0 Å². The molecule has 21 heavy (non-hydrogen) atoms. The second kappa shape index (κ2) is 6.17. The van der Waals surface area contributed by atoms with Crippen LogP contribution in [0.15, 0.2) is 24.4 Å². The lowest BCUT2D eigenvalue weighted by Gasteiger charge is -2.14. The lowest BCUT2D eigenvalue weighted by atomic mass is 9.98. The fourth-order valence-corrected chi connectivity index (χ4v) is 2.48. The first kappa shape index (κ1) is 15.4. The summed E-state index contributed by atoms with van der Waals surface area (Å²) >= 11 is 0. The number of aryl methyl sites for hydroxylation is 2. The molecule has 0 spiro atoms. The SMILES string of the molecule is Cc1cc(OCc2ncc(C)c(N)c2C)ccc1C(C)C. The molecule has 0 unspecified atom stereocenters. The zero-order valence-electron chi connectivity index (χ0n) is 13.5. The van der Waals surface area contributed by atoms with Gasteiger partial charge in [-0.2, -0.15) is 0 Å². The molecule has 0 radical (unpaired) electrons. The molecular weight excluding hydrogens is 260 g/mol. The highest BCUT2D eigenvalue weighted by Crippen LogP contribution is 2.25. The van der Waals surface area contributed by atoms with Crippen molar-refractivity contribution in [2.75, 3.05) is 5.73 Å². The van der Waals surface area contributed by atoms with Gasteiger partial charge in [-0.25, -0.2) is 0 Å². The molecule has 0 saturated heterocycles. The van der Waals surface area contributed by atoms with Crippen molar-refractivity contribution < 1.29 is 4.74 Å². The van der Waals surface area contributed by atoms with E-state index in [1.165, 1.54) is 11.1 Å². The van der Waals surface area contributed by atoms with E-state index in [2.05, 4.69) is 37.9 Å². The van der Waals surface area contributed by atoms with Gasteiger partial charge in [-0.3, -0.25) is 4.98 Å². The molecule has 0 aliphatic rings. The molecule has 3 heteroatoms. The van der Waals surface area contributed by atoms with E-state index in [1.54, 1.807) is 6.20 Å². The van der Waals surface area contributed by atoms with Gasteiger partial charge in [-0.1, -0.05) is 19.9 Å². The fraction of sp³-hybridized carbons (Fsp3) is 0.389. The molecule has 2 rings (SSSR count). The Hall–Kier alpha value is -2.03. The highest BCUT2D eigenvalue weighted by molar-refractivity contribution is 5.53. The second-order valence-electron chi connectivity index (χ2n) is 5.89. The number of ether oxygens (including phenoxy) is 1. The quantitative estimate of drug-likeness (QED) is 0.911. The topological polar surface area (TPSA) is 48.1 Å². The summed E-state index contributed by atoms with van der Waals surface area (Å²) in [7, 11) is 0. The number of nitrogens with two attached hydrogens (primary N) is 1. The maximum absolute atomic E-state index is 6.03. The smallest absolute Gasteiger partial charge is 0.131 e. The van der Waals surface area contributed by atoms with Gasteiger partial charge in [0, 0.05) is 11.9 Å². The van der Waals surface area contributed by atoms with Crippen molar-refractivity contribution in [1.29, 1.82) is 0 Å². The predicted molar refractivity (Wildman–Crippen MR) is 87.7 cm³/mol. The van der Waals surface area contributed by atoms with E-state index in [0.29, 0.717) is 12.5 Å². The van der Waals surface area contributed by atoms with E-state index in [1.807, 2.05) is 19.9 Å². The number of rotatable bonds is 4. The molecule has 0 aliphatic heterocycles. The van der Waals surface area contributed by atoms with E-state index < -0.39 is 0 Å². The molecule has 0 amide bonds. The van der Waals surface area contributed by atoms with Crippen LogP contribution >= 0.6 is 0 Å². The molecule has 112 valence electrons. The van der Waals surface area contributed by atoms with Crippen LogP contribution < -0.4 is 10.5 Å². The number of anilines is 1. The summed E-state index contributed by atoms with van der Waals surface area (Å²) in [5.74, 6) is 1.40. The molecule has 0 bridgehead atoms. The number of benzene rings is 1. The maximum atomic E-state index is 6.03.